The maximum atomic E-state index is 3.33. The van der Waals surface area contributed by atoms with Crippen LogP contribution in [0, 0.1) is 6.92 Å². The van der Waals surface area contributed by atoms with E-state index in [2.05, 4.69) is 37.4 Å². The van der Waals surface area contributed by atoms with Crippen LogP contribution in [0.2, 0.25) is 0 Å². The van der Waals surface area contributed by atoms with Gasteiger partial charge in [-0.2, -0.15) is 0 Å². The van der Waals surface area contributed by atoms with Crippen molar-refractivity contribution in [3.8, 4) is 0 Å². The van der Waals surface area contributed by atoms with E-state index in [0.717, 1.165) is 0 Å². The molecule has 1 nitrogen and oxygen atoms in total. The zero-order chi connectivity index (χ0) is 8.27. The summed E-state index contributed by atoms with van der Waals surface area (Å²) in [5, 5.41) is 3.33. The van der Waals surface area contributed by atoms with E-state index in [0.29, 0.717) is 0 Å². The second kappa shape index (κ2) is 3.82. The molecule has 0 amide bonds. The van der Waals surface area contributed by atoms with E-state index in [4.69, 9.17) is 0 Å². The Hall–Kier alpha value is -0.422. The molecule has 0 atom stereocenters. The van der Waals surface area contributed by atoms with Crippen molar-refractivity contribution in [3.05, 3.63) is 29.8 Å². The van der Waals surface area contributed by atoms with Crippen molar-refractivity contribution in [1.29, 1.82) is 0 Å². The second-order valence-corrected chi connectivity index (χ2v) is 4.70. The first-order chi connectivity index (χ1) is 5.20. The molecule has 1 N–H and O–H groups in total. The van der Waals surface area contributed by atoms with E-state index in [1.54, 1.807) is 0 Å². The Balaban J connectivity index is 2.86. The van der Waals surface area contributed by atoms with E-state index in [-0.39, 0.29) is 0 Å². The van der Waals surface area contributed by atoms with Gasteiger partial charge in [0.05, 0.1) is 0 Å². The predicted molar refractivity (Wildman–Crippen MR) is 45.5 cm³/mol. The van der Waals surface area contributed by atoms with Gasteiger partial charge in [0.2, 0.25) is 0 Å². The summed E-state index contributed by atoms with van der Waals surface area (Å²) in [6, 6.07) is 8.31. The number of anilines is 1. The number of hydrogen-bond donors (Lipinski definition) is 1. The molecular weight excluding hydrogens is 306 g/mol. The molecule has 58 valence electrons. The van der Waals surface area contributed by atoms with Gasteiger partial charge in [-0.3, -0.25) is 0 Å². The van der Waals surface area contributed by atoms with E-state index < -0.39 is 0 Å². The molecule has 1 rings (SSSR count). The van der Waals surface area contributed by atoms with Crippen molar-refractivity contribution in [2.24, 2.45) is 0 Å². The third-order valence-corrected chi connectivity index (χ3v) is 1.82. The first-order valence-electron chi connectivity index (χ1n) is 3.53. The third kappa shape index (κ3) is 2.59. The van der Waals surface area contributed by atoms with Crippen molar-refractivity contribution >= 4 is 9.71 Å². The monoisotopic (exact) mass is 317 g/mol. The van der Waals surface area contributed by atoms with Gasteiger partial charge in [-0.05, 0) is 0 Å². The minimum absolute atomic E-state index is 1.22. The fourth-order valence-corrected chi connectivity index (χ4v) is 1.30. The van der Waals surface area contributed by atoms with E-state index >= 15 is 0 Å². The summed E-state index contributed by atoms with van der Waals surface area (Å²) < 4.78 is 1.30. The SMILES string of the molecule is C[C](=[W])Nc1ccccc1C. The fourth-order valence-electron chi connectivity index (χ4n) is 0.903. The first kappa shape index (κ1) is 8.67. The molecule has 1 aromatic carbocycles. The summed E-state index contributed by atoms with van der Waals surface area (Å²) in [7, 11) is 0. The summed E-state index contributed by atoms with van der Waals surface area (Å²) in [6.07, 6.45) is 0. The van der Waals surface area contributed by atoms with Gasteiger partial charge in [0.1, 0.15) is 0 Å². The van der Waals surface area contributed by atoms with Crippen LogP contribution in [0.15, 0.2) is 24.3 Å². The van der Waals surface area contributed by atoms with Crippen LogP contribution < -0.4 is 5.32 Å². The van der Waals surface area contributed by atoms with E-state index in [1.807, 2.05) is 6.07 Å². The maximum absolute atomic E-state index is 3.33. The molecule has 2 heteroatoms. The molecule has 11 heavy (non-hydrogen) atoms. The van der Waals surface area contributed by atoms with Crippen LogP contribution in [0.25, 0.3) is 0 Å². The van der Waals surface area contributed by atoms with E-state index in [9.17, 15) is 0 Å². The van der Waals surface area contributed by atoms with Crippen molar-refractivity contribution in [1.82, 2.24) is 0 Å². The molecule has 0 bridgehead atoms. The van der Waals surface area contributed by atoms with Gasteiger partial charge in [-0.15, -0.1) is 0 Å². The molecule has 0 spiro atoms. The number of para-hydroxylation sites is 1. The molecule has 1 aromatic rings. The van der Waals surface area contributed by atoms with Crippen LogP contribution in [-0.2, 0) is 19.4 Å². The molecule has 0 unspecified atom stereocenters. The average Bonchev–Trinajstić information content (AvgIpc) is 1.93. The molecule has 0 aromatic heterocycles. The molecule has 0 fully saturated rings. The van der Waals surface area contributed by atoms with Crippen molar-refractivity contribution in [2.75, 3.05) is 5.32 Å². The number of benzene rings is 1. The van der Waals surface area contributed by atoms with Crippen molar-refractivity contribution in [2.45, 2.75) is 13.8 Å². The topological polar surface area (TPSA) is 12.0 Å². The Morgan fingerprint density at radius 2 is 2.00 bits per heavy atom. The van der Waals surface area contributed by atoms with Crippen molar-refractivity contribution in [3.63, 3.8) is 0 Å². The molecule has 0 aliphatic carbocycles. The summed E-state index contributed by atoms with van der Waals surface area (Å²) in [5.41, 5.74) is 2.52. The quantitative estimate of drug-likeness (QED) is 0.881. The Bertz CT molecular complexity index is 268. The molecule has 0 aliphatic rings. The Labute approximate surface area is 78.2 Å². The van der Waals surface area contributed by atoms with Gasteiger partial charge in [0, 0.05) is 0 Å². The Morgan fingerprint density at radius 1 is 1.36 bits per heavy atom. The van der Waals surface area contributed by atoms with Gasteiger partial charge < -0.3 is 0 Å². The third-order valence-electron chi connectivity index (χ3n) is 1.46. The molecular formula is C9H11NW. The predicted octanol–water partition coefficient (Wildman–Crippen LogP) is 2.10. The van der Waals surface area contributed by atoms with Crippen LogP contribution in [0.4, 0.5) is 5.69 Å². The first-order valence-corrected chi connectivity index (χ1v) is 5.00. The summed E-state index contributed by atoms with van der Waals surface area (Å²) in [5.74, 6) is 0. The van der Waals surface area contributed by atoms with Gasteiger partial charge >= 0.3 is 78.1 Å². The summed E-state index contributed by atoms with van der Waals surface area (Å²) >= 11 is 1.49. The van der Waals surface area contributed by atoms with Crippen molar-refractivity contribution < 1.29 is 19.4 Å². The molecule has 0 heterocycles. The Morgan fingerprint density at radius 3 is 2.55 bits per heavy atom. The van der Waals surface area contributed by atoms with Gasteiger partial charge in [0.25, 0.3) is 0 Å². The molecule has 0 saturated carbocycles. The summed E-state index contributed by atoms with van der Waals surface area (Å²) in [4.78, 5) is 0. The number of nitrogens with one attached hydrogen (secondary N) is 1. The van der Waals surface area contributed by atoms with Crippen LogP contribution in [0.1, 0.15) is 12.5 Å². The fraction of sp³-hybridized carbons (Fsp3) is 0.222. The van der Waals surface area contributed by atoms with Crippen LogP contribution in [0.3, 0.4) is 0 Å². The minimum atomic E-state index is 1.22. The van der Waals surface area contributed by atoms with E-state index in [1.165, 1.54) is 34.6 Å². The second-order valence-electron chi connectivity index (χ2n) is 2.50. The summed E-state index contributed by atoms with van der Waals surface area (Å²) in [6.45, 7) is 4.21. The van der Waals surface area contributed by atoms with Gasteiger partial charge in [0.15, 0.2) is 0 Å². The average molecular weight is 317 g/mol. The van der Waals surface area contributed by atoms with Gasteiger partial charge in [-0.1, -0.05) is 0 Å². The zero-order valence-corrected chi connectivity index (χ0v) is 9.65. The molecule has 0 radical (unpaired) electrons. The zero-order valence-electron chi connectivity index (χ0n) is 6.72. The number of aryl methyl sites for hydroxylation is 1. The Kier molecular flexibility index (Phi) is 3.01. The normalized spacial score (nSPS) is 9.27. The van der Waals surface area contributed by atoms with Crippen LogP contribution in [-0.4, -0.2) is 4.02 Å². The standard InChI is InChI=1S/C9H11N.W/c1-3-10-9-7-5-4-6-8(9)2;/h4-7,10H,1-2H3;. The van der Waals surface area contributed by atoms with Crippen LogP contribution in [0.5, 0.6) is 0 Å². The number of rotatable bonds is 2. The molecule has 0 aliphatic heterocycles. The molecule has 0 saturated heterocycles. The van der Waals surface area contributed by atoms with Crippen LogP contribution >= 0.6 is 0 Å². The number of hydrogen-bond acceptors (Lipinski definition) is 1. The van der Waals surface area contributed by atoms with Gasteiger partial charge in [-0.25, -0.2) is 0 Å².